The number of hydrogen-bond acceptors (Lipinski definition) is 3. The van der Waals surface area contributed by atoms with E-state index in [1.807, 2.05) is 0 Å². The maximum atomic E-state index is 5.46. The number of benzene rings is 1. The molecule has 0 atom stereocenters. The molecule has 0 spiro atoms. The van der Waals surface area contributed by atoms with Crippen molar-refractivity contribution in [1.82, 2.24) is 4.90 Å². The molecule has 0 saturated heterocycles. The van der Waals surface area contributed by atoms with Crippen molar-refractivity contribution in [3.63, 3.8) is 0 Å². The first kappa shape index (κ1) is 11.8. The summed E-state index contributed by atoms with van der Waals surface area (Å²) >= 11 is 0. The van der Waals surface area contributed by atoms with E-state index in [0.29, 0.717) is 12.7 Å². The zero-order valence-electron chi connectivity index (χ0n) is 11.2. The Hall–Kier alpha value is -1.22. The van der Waals surface area contributed by atoms with Gasteiger partial charge in [0.05, 0.1) is 0 Å². The van der Waals surface area contributed by atoms with Gasteiger partial charge in [-0.2, -0.15) is 0 Å². The van der Waals surface area contributed by atoms with Crippen LogP contribution in [0, 0.1) is 0 Å². The predicted octanol–water partition coefficient (Wildman–Crippen LogP) is 3.00. The minimum Gasteiger partial charge on any atom is -0.454 e. The fourth-order valence-corrected chi connectivity index (χ4v) is 3.09. The van der Waals surface area contributed by atoms with Gasteiger partial charge in [0, 0.05) is 6.04 Å². The maximum Gasteiger partial charge on any atom is 0.231 e. The van der Waals surface area contributed by atoms with Gasteiger partial charge >= 0.3 is 0 Å². The summed E-state index contributed by atoms with van der Waals surface area (Å²) in [5.74, 6) is 2.50. The van der Waals surface area contributed by atoms with Crippen LogP contribution in [0.15, 0.2) is 18.2 Å². The molecule has 3 nitrogen and oxygen atoms in total. The van der Waals surface area contributed by atoms with E-state index >= 15 is 0 Å². The van der Waals surface area contributed by atoms with E-state index in [-0.39, 0.29) is 0 Å². The smallest absolute Gasteiger partial charge is 0.231 e. The number of nitrogens with zero attached hydrogens (tertiary/aromatic N) is 1. The van der Waals surface area contributed by atoms with Gasteiger partial charge in [-0.25, -0.2) is 0 Å². The van der Waals surface area contributed by atoms with Gasteiger partial charge in [0.1, 0.15) is 0 Å². The van der Waals surface area contributed by atoms with Gasteiger partial charge in [0.25, 0.3) is 0 Å². The average molecular weight is 247 g/mol. The van der Waals surface area contributed by atoms with Crippen LogP contribution in [0.3, 0.4) is 0 Å². The van der Waals surface area contributed by atoms with Crippen LogP contribution in [0.4, 0.5) is 0 Å². The molecule has 18 heavy (non-hydrogen) atoms. The largest absolute Gasteiger partial charge is 0.454 e. The SMILES string of the molecule is CN(C)C1CCC(c2ccc3c(c2)OCO3)CC1. The van der Waals surface area contributed by atoms with Crippen LogP contribution in [0.2, 0.25) is 0 Å². The van der Waals surface area contributed by atoms with Crippen molar-refractivity contribution in [2.75, 3.05) is 20.9 Å². The zero-order valence-corrected chi connectivity index (χ0v) is 11.2. The molecule has 0 radical (unpaired) electrons. The number of fused-ring (bicyclic) bond motifs is 1. The fraction of sp³-hybridized carbons (Fsp3) is 0.600. The normalized spacial score (nSPS) is 26.6. The molecule has 1 heterocycles. The van der Waals surface area contributed by atoms with E-state index in [1.165, 1.54) is 31.2 Å². The Bertz CT molecular complexity index is 423. The molecule has 1 saturated carbocycles. The van der Waals surface area contributed by atoms with Gasteiger partial charge in [-0.1, -0.05) is 6.07 Å². The molecule has 0 N–H and O–H groups in total. The molecular formula is C15H21NO2. The minimum absolute atomic E-state index is 0.367. The molecule has 1 aromatic rings. The molecule has 3 rings (SSSR count). The Morgan fingerprint density at radius 2 is 1.72 bits per heavy atom. The van der Waals surface area contributed by atoms with Crippen molar-refractivity contribution in [2.24, 2.45) is 0 Å². The molecule has 3 heteroatoms. The summed E-state index contributed by atoms with van der Waals surface area (Å²) in [5.41, 5.74) is 1.41. The molecule has 0 unspecified atom stereocenters. The third-order valence-corrected chi connectivity index (χ3v) is 4.30. The lowest BCUT2D eigenvalue weighted by molar-refractivity contribution is 0.174. The molecule has 0 amide bonds. The van der Waals surface area contributed by atoms with Gasteiger partial charge in [-0.15, -0.1) is 0 Å². The Balaban J connectivity index is 1.69. The average Bonchev–Trinajstić information content (AvgIpc) is 2.86. The lowest BCUT2D eigenvalue weighted by Gasteiger charge is -2.32. The van der Waals surface area contributed by atoms with Crippen LogP contribution in [0.5, 0.6) is 11.5 Å². The summed E-state index contributed by atoms with van der Waals surface area (Å²) in [6.07, 6.45) is 5.16. The van der Waals surface area contributed by atoms with Crippen molar-refractivity contribution >= 4 is 0 Å². The predicted molar refractivity (Wildman–Crippen MR) is 71.2 cm³/mol. The maximum absolute atomic E-state index is 5.46. The van der Waals surface area contributed by atoms with Crippen LogP contribution >= 0.6 is 0 Å². The van der Waals surface area contributed by atoms with Crippen LogP contribution in [0.1, 0.15) is 37.2 Å². The topological polar surface area (TPSA) is 21.7 Å². The van der Waals surface area contributed by atoms with Crippen LogP contribution < -0.4 is 9.47 Å². The van der Waals surface area contributed by atoms with E-state index in [1.54, 1.807) is 0 Å². The highest BCUT2D eigenvalue weighted by Crippen LogP contribution is 2.39. The lowest BCUT2D eigenvalue weighted by atomic mass is 9.81. The Morgan fingerprint density at radius 3 is 2.44 bits per heavy atom. The third-order valence-electron chi connectivity index (χ3n) is 4.30. The Kier molecular flexibility index (Phi) is 3.16. The molecule has 1 aliphatic heterocycles. The third kappa shape index (κ3) is 2.19. The Labute approximate surface area is 109 Å². The number of hydrogen-bond donors (Lipinski definition) is 0. The highest BCUT2D eigenvalue weighted by Gasteiger charge is 2.24. The number of rotatable bonds is 2. The molecule has 1 aliphatic carbocycles. The summed E-state index contributed by atoms with van der Waals surface area (Å²) in [7, 11) is 4.37. The quantitative estimate of drug-likeness (QED) is 0.802. The Morgan fingerprint density at radius 1 is 1.00 bits per heavy atom. The zero-order chi connectivity index (χ0) is 12.5. The van der Waals surface area contributed by atoms with Gasteiger partial charge in [0.15, 0.2) is 11.5 Å². The molecule has 98 valence electrons. The second-order valence-electron chi connectivity index (χ2n) is 5.58. The molecule has 2 aliphatic rings. The van der Waals surface area contributed by atoms with Crippen molar-refractivity contribution in [3.8, 4) is 11.5 Å². The van der Waals surface area contributed by atoms with Gasteiger partial charge in [-0.3, -0.25) is 0 Å². The van der Waals surface area contributed by atoms with E-state index in [0.717, 1.165) is 17.5 Å². The van der Waals surface area contributed by atoms with Crippen molar-refractivity contribution in [3.05, 3.63) is 23.8 Å². The highest BCUT2D eigenvalue weighted by atomic mass is 16.7. The van der Waals surface area contributed by atoms with Gasteiger partial charge < -0.3 is 14.4 Å². The molecule has 0 aromatic heterocycles. The van der Waals surface area contributed by atoms with Crippen molar-refractivity contribution < 1.29 is 9.47 Å². The van der Waals surface area contributed by atoms with Gasteiger partial charge in [-0.05, 0) is 63.4 Å². The van der Waals surface area contributed by atoms with Crippen LogP contribution in [-0.4, -0.2) is 31.8 Å². The first-order valence-electron chi connectivity index (χ1n) is 6.80. The second kappa shape index (κ2) is 4.81. The minimum atomic E-state index is 0.367. The molecular weight excluding hydrogens is 226 g/mol. The van der Waals surface area contributed by atoms with E-state index in [2.05, 4.69) is 37.2 Å². The lowest BCUT2D eigenvalue weighted by Crippen LogP contribution is -2.31. The first-order valence-corrected chi connectivity index (χ1v) is 6.80. The molecule has 1 fully saturated rings. The number of ether oxygens (including phenoxy) is 2. The second-order valence-corrected chi connectivity index (χ2v) is 5.58. The molecule has 1 aromatic carbocycles. The van der Waals surface area contributed by atoms with E-state index < -0.39 is 0 Å². The van der Waals surface area contributed by atoms with E-state index in [4.69, 9.17) is 9.47 Å². The first-order chi connectivity index (χ1) is 8.74. The summed E-state index contributed by atoms with van der Waals surface area (Å²) in [5, 5.41) is 0. The summed E-state index contributed by atoms with van der Waals surface area (Å²) < 4.78 is 10.8. The summed E-state index contributed by atoms with van der Waals surface area (Å²) in [6.45, 7) is 0.367. The van der Waals surface area contributed by atoms with Crippen LogP contribution in [-0.2, 0) is 0 Å². The van der Waals surface area contributed by atoms with Crippen LogP contribution in [0.25, 0.3) is 0 Å². The van der Waals surface area contributed by atoms with Crippen molar-refractivity contribution in [2.45, 2.75) is 37.6 Å². The highest BCUT2D eigenvalue weighted by molar-refractivity contribution is 5.45. The van der Waals surface area contributed by atoms with Crippen molar-refractivity contribution in [1.29, 1.82) is 0 Å². The van der Waals surface area contributed by atoms with Gasteiger partial charge in [0.2, 0.25) is 6.79 Å². The fourth-order valence-electron chi connectivity index (χ4n) is 3.09. The summed E-state index contributed by atoms with van der Waals surface area (Å²) in [4.78, 5) is 2.36. The monoisotopic (exact) mass is 247 g/mol. The standard InChI is InChI=1S/C15H21NO2/c1-16(2)13-6-3-11(4-7-13)12-5-8-14-15(9-12)18-10-17-14/h5,8-9,11,13H,3-4,6-7,10H2,1-2H3. The summed E-state index contributed by atoms with van der Waals surface area (Å²) in [6, 6.07) is 7.18. The molecule has 0 bridgehead atoms. The van der Waals surface area contributed by atoms with E-state index in [9.17, 15) is 0 Å².